The maximum absolute atomic E-state index is 12.3. The molecule has 1 aliphatic carbocycles. The van der Waals surface area contributed by atoms with Crippen LogP contribution in [0.2, 0.25) is 0 Å². The second kappa shape index (κ2) is 5.82. The van der Waals surface area contributed by atoms with E-state index in [4.69, 9.17) is 0 Å². The number of carbonyl (C=O) groups excluding carboxylic acids is 2. The number of Topliss-reactive ketones (excluding diaryl/α,β-unsaturated/α-hetero) is 1. The average molecular weight is 357 g/mol. The maximum atomic E-state index is 12.3. The molecule has 0 heterocycles. The van der Waals surface area contributed by atoms with Crippen molar-refractivity contribution in [3.8, 4) is 0 Å². The van der Waals surface area contributed by atoms with Crippen molar-refractivity contribution in [3.05, 3.63) is 33.4 Å². The predicted octanol–water partition coefficient (Wildman–Crippen LogP) is 2.87. The molecule has 1 saturated carbocycles. The number of carbonyl (C=O) groups is 2. The number of halogens is 1. The number of hydrogen-bond acceptors (Lipinski definition) is 2. The van der Waals surface area contributed by atoms with Crippen LogP contribution in [0.15, 0.2) is 24.3 Å². The second-order valence-electron chi connectivity index (χ2n) is 4.69. The number of nitrogens with zero attached hydrogens (tertiary/aromatic N) is 1. The van der Waals surface area contributed by atoms with Gasteiger partial charge in [0.25, 0.3) is 5.91 Å². The number of ketones is 1. The summed E-state index contributed by atoms with van der Waals surface area (Å²) in [4.78, 5) is 25.3. The molecule has 0 atom stereocenters. The van der Waals surface area contributed by atoms with E-state index in [1.165, 1.54) is 0 Å². The Morgan fingerprint density at radius 2 is 1.78 bits per heavy atom. The Morgan fingerprint density at radius 3 is 2.33 bits per heavy atom. The molecule has 0 unspecified atom stereocenters. The van der Waals surface area contributed by atoms with Gasteiger partial charge < -0.3 is 4.90 Å². The summed E-state index contributed by atoms with van der Waals surface area (Å²) in [5.41, 5.74) is 0.717. The highest BCUT2D eigenvalue weighted by Gasteiger charge is 2.25. The highest BCUT2D eigenvalue weighted by atomic mass is 127. The summed E-state index contributed by atoms with van der Waals surface area (Å²) in [6.45, 7) is 0. The second-order valence-corrected chi connectivity index (χ2v) is 5.94. The van der Waals surface area contributed by atoms with Crippen LogP contribution in [0.5, 0.6) is 0 Å². The number of rotatable bonds is 2. The highest BCUT2D eigenvalue weighted by Crippen LogP contribution is 2.21. The SMILES string of the molecule is CN(C(=O)c1ccc(I)cc1)C1CCC(=O)CC1. The van der Waals surface area contributed by atoms with Crippen molar-refractivity contribution >= 4 is 34.3 Å². The number of benzene rings is 1. The van der Waals surface area contributed by atoms with Crippen LogP contribution in [-0.2, 0) is 4.79 Å². The predicted molar refractivity (Wildman–Crippen MR) is 78.5 cm³/mol. The van der Waals surface area contributed by atoms with E-state index in [0.29, 0.717) is 18.6 Å². The molecular weight excluding hydrogens is 341 g/mol. The van der Waals surface area contributed by atoms with E-state index in [0.717, 1.165) is 22.0 Å². The molecular formula is C14H16INO2. The smallest absolute Gasteiger partial charge is 0.253 e. The third kappa shape index (κ3) is 3.10. The molecule has 0 aromatic heterocycles. The molecule has 1 amide bonds. The van der Waals surface area contributed by atoms with Crippen LogP contribution < -0.4 is 0 Å². The Hall–Kier alpha value is -0.910. The van der Waals surface area contributed by atoms with Gasteiger partial charge in [-0.05, 0) is 59.7 Å². The van der Waals surface area contributed by atoms with Gasteiger partial charge in [0.2, 0.25) is 0 Å². The molecule has 1 aromatic rings. The van der Waals surface area contributed by atoms with Crippen molar-refractivity contribution in [2.24, 2.45) is 0 Å². The van der Waals surface area contributed by atoms with Gasteiger partial charge >= 0.3 is 0 Å². The van der Waals surface area contributed by atoms with E-state index in [1.807, 2.05) is 31.3 Å². The third-order valence-corrected chi connectivity index (χ3v) is 4.19. The van der Waals surface area contributed by atoms with Crippen molar-refractivity contribution in [1.82, 2.24) is 4.90 Å². The van der Waals surface area contributed by atoms with E-state index in [-0.39, 0.29) is 11.9 Å². The van der Waals surface area contributed by atoms with Gasteiger partial charge in [-0.15, -0.1) is 0 Å². The summed E-state index contributed by atoms with van der Waals surface area (Å²) in [7, 11) is 1.83. The normalized spacial score (nSPS) is 16.7. The molecule has 1 aliphatic rings. The van der Waals surface area contributed by atoms with Crippen LogP contribution in [0.25, 0.3) is 0 Å². The highest BCUT2D eigenvalue weighted by molar-refractivity contribution is 14.1. The van der Waals surface area contributed by atoms with Gasteiger partial charge in [0.15, 0.2) is 0 Å². The quantitative estimate of drug-likeness (QED) is 0.764. The first-order valence-corrected chi connectivity index (χ1v) is 7.20. The van der Waals surface area contributed by atoms with Crippen molar-refractivity contribution in [3.63, 3.8) is 0 Å². The van der Waals surface area contributed by atoms with Gasteiger partial charge in [0.05, 0.1) is 0 Å². The lowest BCUT2D eigenvalue weighted by Crippen LogP contribution is -2.39. The summed E-state index contributed by atoms with van der Waals surface area (Å²) in [5.74, 6) is 0.368. The Kier molecular flexibility index (Phi) is 4.37. The largest absolute Gasteiger partial charge is 0.339 e. The lowest BCUT2D eigenvalue weighted by Gasteiger charge is -2.30. The molecule has 0 bridgehead atoms. The molecule has 2 rings (SSSR count). The first-order valence-electron chi connectivity index (χ1n) is 6.12. The molecule has 0 N–H and O–H groups in total. The zero-order valence-electron chi connectivity index (χ0n) is 10.4. The van der Waals surface area contributed by atoms with E-state index >= 15 is 0 Å². The van der Waals surface area contributed by atoms with E-state index in [2.05, 4.69) is 22.6 Å². The fraction of sp³-hybridized carbons (Fsp3) is 0.429. The summed E-state index contributed by atoms with van der Waals surface area (Å²) in [6, 6.07) is 7.79. The molecule has 4 heteroatoms. The first kappa shape index (κ1) is 13.5. The van der Waals surface area contributed by atoms with E-state index in [9.17, 15) is 9.59 Å². The van der Waals surface area contributed by atoms with Crippen LogP contribution >= 0.6 is 22.6 Å². The Morgan fingerprint density at radius 1 is 1.22 bits per heavy atom. The molecule has 0 aliphatic heterocycles. The van der Waals surface area contributed by atoms with Crippen LogP contribution in [0.3, 0.4) is 0 Å². The summed E-state index contributed by atoms with van der Waals surface area (Å²) < 4.78 is 1.12. The lowest BCUT2D eigenvalue weighted by atomic mass is 9.93. The third-order valence-electron chi connectivity index (χ3n) is 3.47. The molecule has 1 fully saturated rings. The average Bonchev–Trinajstić information content (AvgIpc) is 2.39. The molecule has 1 aromatic carbocycles. The van der Waals surface area contributed by atoms with Gasteiger partial charge in [-0.1, -0.05) is 0 Å². The fourth-order valence-corrected chi connectivity index (χ4v) is 2.63. The van der Waals surface area contributed by atoms with Crippen molar-refractivity contribution in [1.29, 1.82) is 0 Å². The van der Waals surface area contributed by atoms with E-state index in [1.54, 1.807) is 4.90 Å². The van der Waals surface area contributed by atoms with Crippen molar-refractivity contribution in [2.75, 3.05) is 7.05 Å². The molecule has 0 radical (unpaired) electrons. The van der Waals surface area contributed by atoms with Gasteiger partial charge in [-0.2, -0.15) is 0 Å². The summed E-state index contributed by atoms with van der Waals surface area (Å²) >= 11 is 2.22. The van der Waals surface area contributed by atoms with Crippen molar-refractivity contribution < 1.29 is 9.59 Å². The molecule has 96 valence electrons. The molecule has 0 spiro atoms. The standard InChI is InChI=1S/C14H16INO2/c1-16(12-6-8-13(17)9-7-12)14(18)10-2-4-11(15)5-3-10/h2-5,12H,6-9H2,1H3. The minimum atomic E-state index is 0.0470. The first-order chi connectivity index (χ1) is 8.58. The molecule has 3 nitrogen and oxygen atoms in total. The van der Waals surface area contributed by atoms with E-state index < -0.39 is 0 Å². The Balaban J connectivity index is 2.04. The fourth-order valence-electron chi connectivity index (χ4n) is 2.27. The van der Waals surface area contributed by atoms with Crippen LogP contribution in [-0.4, -0.2) is 29.7 Å². The number of hydrogen-bond donors (Lipinski definition) is 0. The van der Waals surface area contributed by atoms with Gasteiger partial charge in [0.1, 0.15) is 5.78 Å². The lowest BCUT2D eigenvalue weighted by molar-refractivity contribution is -0.121. The van der Waals surface area contributed by atoms with Crippen LogP contribution in [0.4, 0.5) is 0 Å². The molecule has 0 saturated heterocycles. The van der Waals surface area contributed by atoms with Crippen molar-refractivity contribution in [2.45, 2.75) is 31.7 Å². The molecule has 18 heavy (non-hydrogen) atoms. The Labute approximate surface area is 121 Å². The number of amides is 1. The maximum Gasteiger partial charge on any atom is 0.253 e. The minimum absolute atomic E-state index is 0.0470. The van der Waals surface area contributed by atoms with Crippen LogP contribution in [0.1, 0.15) is 36.0 Å². The minimum Gasteiger partial charge on any atom is -0.339 e. The summed E-state index contributed by atoms with van der Waals surface area (Å²) in [5, 5.41) is 0. The topological polar surface area (TPSA) is 37.4 Å². The zero-order valence-corrected chi connectivity index (χ0v) is 12.5. The van der Waals surface area contributed by atoms with Gasteiger partial charge in [-0.25, -0.2) is 0 Å². The zero-order chi connectivity index (χ0) is 13.1. The summed E-state index contributed by atoms with van der Waals surface area (Å²) in [6.07, 6.45) is 2.81. The van der Waals surface area contributed by atoms with Crippen LogP contribution in [0, 0.1) is 3.57 Å². The Bertz CT molecular complexity index is 445. The van der Waals surface area contributed by atoms with Gasteiger partial charge in [0, 0.05) is 35.1 Å². The monoisotopic (exact) mass is 357 g/mol. The van der Waals surface area contributed by atoms with Gasteiger partial charge in [-0.3, -0.25) is 9.59 Å².